The van der Waals surface area contributed by atoms with Gasteiger partial charge in [0.1, 0.15) is 0 Å². The van der Waals surface area contributed by atoms with Crippen LogP contribution in [-0.2, 0) is 20.5 Å². The summed E-state index contributed by atoms with van der Waals surface area (Å²) >= 11 is 0. The second-order valence-corrected chi connectivity index (χ2v) is 6.74. The molecular weight excluding hydrogens is 308 g/mol. The predicted octanol–water partition coefficient (Wildman–Crippen LogP) is 2.03. The Bertz CT molecular complexity index is 775. The van der Waals surface area contributed by atoms with Crippen molar-refractivity contribution < 1.29 is 19.7 Å². The van der Waals surface area contributed by atoms with E-state index in [4.69, 9.17) is 4.74 Å². The number of aliphatic hydroxyl groups is 1. The monoisotopic (exact) mass is 328 g/mol. The van der Waals surface area contributed by atoms with Crippen LogP contribution in [0.1, 0.15) is 30.8 Å². The number of nitrogens with zero attached hydrogens (tertiary/aromatic N) is 2. The first-order valence-electron chi connectivity index (χ1n) is 7.71. The maximum Gasteiger partial charge on any atom is 0.320 e. The zero-order valence-corrected chi connectivity index (χ0v) is 13.9. The highest BCUT2D eigenvalue weighted by atomic mass is 16.5. The van der Waals surface area contributed by atoms with Gasteiger partial charge in [0, 0.05) is 29.2 Å². The van der Waals surface area contributed by atoms with Gasteiger partial charge in [0.25, 0.3) is 0 Å². The van der Waals surface area contributed by atoms with Crippen molar-refractivity contribution in [3.05, 3.63) is 47.5 Å². The van der Waals surface area contributed by atoms with Crippen molar-refractivity contribution in [2.45, 2.75) is 31.8 Å². The van der Waals surface area contributed by atoms with Gasteiger partial charge < -0.3 is 14.9 Å². The number of hydrogen-bond donors (Lipinski definition) is 2. The lowest BCUT2D eigenvalue weighted by atomic mass is 9.81. The highest BCUT2D eigenvalue weighted by Gasteiger charge is 2.49. The number of aryl methyl sites for hydroxylation is 1. The predicted molar refractivity (Wildman–Crippen MR) is 87.6 cm³/mol. The minimum absolute atomic E-state index is 0.135. The third-order valence-electron chi connectivity index (χ3n) is 4.37. The summed E-state index contributed by atoms with van der Waals surface area (Å²) in [7, 11) is 0. The van der Waals surface area contributed by atoms with Crippen LogP contribution < -0.4 is 0 Å². The number of aliphatic carboxylic acids is 1. The van der Waals surface area contributed by atoms with Crippen molar-refractivity contribution >= 4 is 5.97 Å². The third-order valence-corrected chi connectivity index (χ3v) is 4.37. The lowest BCUT2D eigenvalue weighted by molar-refractivity contribution is -0.163. The minimum Gasteiger partial charge on any atom is -0.480 e. The number of rotatable bonds is 4. The van der Waals surface area contributed by atoms with Gasteiger partial charge in [0.2, 0.25) is 0 Å². The molecule has 6 nitrogen and oxygen atoms in total. The number of carbonyl (C=O) groups is 1. The Morgan fingerprint density at radius 3 is 2.42 bits per heavy atom. The van der Waals surface area contributed by atoms with Crippen LogP contribution in [0.4, 0.5) is 0 Å². The SMILES string of the molecule is Cc1cc(C(C)(C)O)c(-c2ccc(C3(C(=O)O)COC3)nc2)cn1. The van der Waals surface area contributed by atoms with E-state index in [0.717, 1.165) is 22.4 Å². The standard InChI is InChI=1S/C18H20N2O4/c1-11-6-14(17(2,3)23)13(8-19-11)12-4-5-15(20-7-12)18(16(21)22)9-24-10-18/h4-8,23H,9-10H2,1-3H3,(H,21,22). The van der Waals surface area contributed by atoms with Crippen molar-refractivity contribution in [3.63, 3.8) is 0 Å². The molecule has 0 unspecified atom stereocenters. The van der Waals surface area contributed by atoms with E-state index in [1.807, 2.05) is 19.1 Å². The van der Waals surface area contributed by atoms with Gasteiger partial charge in [-0.15, -0.1) is 0 Å². The van der Waals surface area contributed by atoms with Gasteiger partial charge >= 0.3 is 5.97 Å². The molecule has 1 aliphatic heterocycles. The molecule has 0 spiro atoms. The second kappa shape index (κ2) is 5.65. The highest BCUT2D eigenvalue weighted by molar-refractivity contribution is 5.82. The minimum atomic E-state index is -1.05. The van der Waals surface area contributed by atoms with Gasteiger partial charge in [-0.1, -0.05) is 6.07 Å². The molecule has 126 valence electrons. The van der Waals surface area contributed by atoms with Crippen LogP contribution >= 0.6 is 0 Å². The Morgan fingerprint density at radius 2 is 1.96 bits per heavy atom. The Balaban J connectivity index is 2.02. The molecule has 0 saturated carbocycles. The fraction of sp³-hybridized carbons (Fsp3) is 0.389. The van der Waals surface area contributed by atoms with Gasteiger partial charge in [0.15, 0.2) is 5.41 Å². The summed E-state index contributed by atoms with van der Waals surface area (Å²) in [5.74, 6) is -0.928. The van der Waals surface area contributed by atoms with Crippen LogP contribution in [0.15, 0.2) is 30.6 Å². The molecule has 0 bridgehead atoms. The van der Waals surface area contributed by atoms with Crippen LogP contribution in [-0.4, -0.2) is 39.4 Å². The average molecular weight is 328 g/mol. The second-order valence-electron chi connectivity index (χ2n) is 6.74. The lowest BCUT2D eigenvalue weighted by Crippen LogP contribution is -2.53. The lowest BCUT2D eigenvalue weighted by Gasteiger charge is -2.36. The van der Waals surface area contributed by atoms with E-state index in [-0.39, 0.29) is 13.2 Å². The fourth-order valence-corrected chi connectivity index (χ4v) is 2.82. The maximum atomic E-state index is 11.5. The zero-order valence-electron chi connectivity index (χ0n) is 13.9. The molecule has 0 aliphatic carbocycles. The Hall–Kier alpha value is -2.31. The van der Waals surface area contributed by atoms with Gasteiger partial charge in [-0.05, 0) is 38.5 Å². The molecular formula is C18H20N2O4. The van der Waals surface area contributed by atoms with E-state index in [1.54, 1.807) is 32.3 Å². The van der Waals surface area contributed by atoms with Crippen molar-refractivity contribution in [3.8, 4) is 11.1 Å². The summed E-state index contributed by atoms with van der Waals surface area (Å²) in [6, 6.07) is 5.37. The molecule has 2 aromatic rings. The third kappa shape index (κ3) is 2.68. The topological polar surface area (TPSA) is 92.5 Å². The summed E-state index contributed by atoms with van der Waals surface area (Å²) in [4.78, 5) is 20.2. The number of carboxylic acid groups (broad SMARTS) is 1. The summed E-state index contributed by atoms with van der Waals surface area (Å²) in [5.41, 5.74) is 1.54. The number of carboxylic acids is 1. The summed E-state index contributed by atoms with van der Waals surface area (Å²) in [5, 5.41) is 19.9. The van der Waals surface area contributed by atoms with E-state index < -0.39 is 17.0 Å². The molecule has 24 heavy (non-hydrogen) atoms. The van der Waals surface area contributed by atoms with Crippen LogP contribution in [0.25, 0.3) is 11.1 Å². The van der Waals surface area contributed by atoms with E-state index in [9.17, 15) is 15.0 Å². The first-order chi connectivity index (χ1) is 11.2. The maximum absolute atomic E-state index is 11.5. The molecule has 2 aromatic heterocycles. The summed E-state index contributed by atoms with van der Waals surface area (Å²) < 4.78 is 5.08. The molecule has 1 saturated heterocycles. The molecule has 6 heteroatoms. The van der Waals surface area contributed by atoms with Gasteiger partial charge in [-0.25, -0.2) is 0 Å². The van der Waals surface area contributed by atoms with E-state index >= 15 is 0 Å². The molecule has 0 atom stereocenters. The van der Waals surface area contributed by atoms with Crippen LogP contribution in [0, 0.1) is 6.92 Å². The number of hydrogen-bond acceptors (Lipinski definition) is 5. The van der Waals surface area contributed by atoms with Gasteiger partial charge in [0.05, 0.1) is 24.5 Å². The van der Waals surface area contributed by atoms with E-state index in [2.05, 4.69) is 9.97 Å². The zero-order chi connectivity index (χ0) is 17.5. The van der Waals surface area contributed by atoms with E-state index in [1.165, 1.54) is 0 Å². The molecule has 1 aliphatic rings. The molecule has 0 amide bonds. The number of aromatic nitrogens is 2. The van der Waals surface area contributed by atoms with Crippen molar-refractivity contribution in [1.82, 2.24) is 9.97 Å². The van der Waals surface area contributed by atoms with Crippen molar-refractivity contribution in [2.75, 3.05) is 13.2 Å². The first-order valence-corrected chi connectivity index (χ1v) is 7.71. The smallest absolute Gasteiger partial charge is 0.320 e. The molecule has 0 radical (unpaired) electrons. The first kappa shape index (κ1) is 16.5. The van der Waals surface area contributed by atoms with Crippen molar-refractivity contribution in [1.29, 1.82) is 0 Å². The molecule has 3 heterocycles. The van der Waals surface area contributed by atoms with Crippen LogP contribution in [0.5, 0.6) is 0 Å². The number of ether oxygens (including phenoxy) is 1. The Morgan fingerprint density at radius 1 is 1.25 bits per heavy atom. The molecule has 2 N–H and O–H groups in total. The quantitative estimate of drug-likeness (QED) is 0.892. The van der Waals surface area contributed by atoms with Gasteiger partial charge in [-0.3, -0.25) is 14.8 Å². The molecule has 1 fully saturated rings. The Labute approximate surface area is 140 Å². The van der Waals surface area contributed by atoms with Gasteiger partial charge in [-0.2, -0.15) is 0 Å². The largest absolute Gasteiger partial charge is 0.480 e. The van der Waals surface area contributed by atoms with E-state index in [0.29, 0.717) is 5.69 Å². The number of pyridine rings is 2. The summed E-state index contributed by atoms with van der Waals surface area (Å²) in [6.07, 6.45) is 3.33. The molecule has 0 aromatic carbocycles. The average Bonchev–Trinajstić information content (AvgIpc) is 2.45. The highest BCUT2D eigenvalue weighted by Crippen LogP contribution is 2.34. The van der Waals surface area contributed by atoms with Crippen LogP contribution in [0.2, 0.25) is 0 Å². The normalized spacial score (nSPS) is 16.5. The molecule has 3 rings (SSSR count). The van der Waals surface area contributed by atoms with Crippen molar-refractivity contribution in [2.24, 2.45) is 0 Å². The van der Waals surface area contributed by atoms with Crippen LogP contribution in [0.3, 0.4) is 0 Å². The summed E-state index contributed by atoms with van der Waals surface area (Å²) in [6.45, 7) is 5.58. The fourth-order valence-electron chi connectivity index (χ4n) is 2.82. The Kier molecular flexibility index (Phi) is 3.89.